The molecular formula is C30H20Br2ClN3O4. The summed E-state index contributed by atoms with van der Waals surface area (Å²) in [5.74, 6) is -1.12. The SMILES string of the molecule is O=C(/C=C/c1ccc(Cl)cc1)Oc1ccc(Br)cc1C=NNC(=O)c1cccc(NC(=O)c2ccc(Br)cc2)c1. The summed E-state index contributed by atoms with van der Waals surface area (Å²) in [5, 5.41) is 7.39. The number of nitrogens with one attached hydrogen (secondary N) is 2. The molecule has 7 nitrogen and oxygen atoms in total. The van der Waals surface area contributed by atoms with Crippen molar-refractivity contribution in [3.8, 4) is 5.75 Å². The van der Waals surface area contributed by atoms with Crippen molar-refractivity contribution in [2.24, 2.45) is 5.10 Å². The van der Waals surface area contributed by atoms with Crippen molar-refractivity contribution in [1.29, 1.82) is 0 Å². The summed E-state index contributed by atoms with van der Waals surface area (Å²) < 4.78 is 7.06. The standard InChI is InChI=1S/C30H20Br2ClN3O4/c31-23-9-7-20(8-10-23)29(38)35-26-3-1-2-21(17-26)30(39)36-34-18-22-16-24(32)11-14-27(22)40-28(37)15-6-19-4-12-25(33)13-5-19/h1-18H,(H,35,38)(H,36,39)/b15-6+,34-18?. The summed E-state index contributed by atoms with van der Waals surface area (Å²) in [6.45, 7) is 0. The predicted molar refractivity (Wildman–Crippen MR) is 164 cm³/mol. The summed E-state index contributed by atoms with van der Waals surface area (Å²) in [7, 11) is 0. The largest absolute Gasteiger partial charge is 0.423 e. The molecule has 0 spiro atoms. The van der Waals surface area contributed by atoms with Crippen molar-refractivity contribution in [1.82, 2.24) is 5.43 Å². The van der Waals surface area contributed by atoms with E-state index >= 15 is 0 Å². The van der Waals surface area contributed by atoms with Crippen LogP contribution in [0.5, 0.6) is 5.75 Å². The zero-order valence-corrected chi connectivity index (χ0v) is 24.5. The van der Waals surface area contributed by atoms with Crippen LogP contribution in [-0.4, -0.2) is 24.0 Å². The first kappa shape index (κ1) is 28.9. The minimum Gasteiger partial charge on any atom is -0.423 e. The van der Waals surface area contributed by atoms with E-state index in [4.69, 9.17) is 16.3 Å². The quantitative estimate of drug-likeness (QED) is 0.0662. The van der Waals surface area contributed by atoms with Crippen molar-refractivity contribution in [2.45, 2.75) is 0 Å². The van der Waals surface area contributed by atoms with Crippen LogP contribution in [-0.2, 0) is 4.79 Å². The number of hydrogen-bond donors (Lipinski definition) is 2. The molecule has 0 radical (unpaired) electrons. The molecule has 200 valence electrons. The highest BCUT2D eigenvalue weighted by molar-refractivity contribution is 9.10. The van der Waals surface area contributed by atoms with Gasteiger partial charge in [-0.25, -0.2) is 10.2 Å². The van der Waals surface area contributed by atoms with Gasteiger partial charge in [0, 0.05) is 42.4 Å². The van der Waals surface area contributed by atoms with Gasteiger partial charge in [-0.2, -0.15) is 5.10 Å². The molecule has 0 unspecified atom stereocenters. The first-order valence-electron chi connectivity index (χ1n) is 11.7. The van der Waals surface area contributed by atoms with Crippen LogP contribution in [0, 0.1) is 0 Å². The van der Waals surface area contributed by atoms with Crippen LogP contribution < -0.4 is 15.5 Å². The summed E-state index contributed by atoms with van der Waals surface area (Å²) in [6, 6.07) is 25.4. The van der Waals surface area contributed by atoms with Gasteiger partial charge in [-0.3, -0.25) is 9.59 Å². The number of amides is 2. The van der Waals surface area contributed by atoms with Crippen LogP contribution in [0.15, 0.2) is 111 Å². The lowest BCUT2D eigenvalue weighted by molar-refractivity contribution is -0.128. The molecule has 2 N–H and O–H groups in total. The van der Waals surface area contributed by atoms with Crippen LogP contribution in [0.3, 0.4) is 0 Å². The van der Waals surface area contributed by atoms with Gasteiger partial charge in [0.2, 0.25) is 0 Å². The number of anilines is 1. The molecule has 0 aliphatic rings. The first-order chi connectivity index (χ1) is 19.3. The molecule has 0 atom stereocenters. The topological polar surface area (TPSA) is 96.9 Å². The highest BCUT2D eigenvalue weighted by Crippen LogP contribution is 2.22. The summed E-state index contributed by atoms with van der Waals surface area (Å²) in [4.78, 5) is 37.6. The Kier molecular flexibility index (Phi) is 10.0. The minimum absolute atomic E-state index is 0.254. The van der Waals surface area contributed by atoms with Crippen molar-refractivity contribution in [2.75, 3.05) is 5.32 Å². The van der Waals surface area contributed by atoms with Gasteiger partial charge in [0.1, 0.15) is 5.75 Å². The minimum atomic E-state index is -0.585. The normalized spacial score (nSPS) is 11.0. The smallest absolute Gasteiger partial charge is 0.336 e. The Hall–Kier alpha value is -4.05. The fourth-order valence-corrected chi connectivity index (χ4v) is 4.13. The van der Waals surface area contributed by atoms with Crippen LogP contribution >= 0.6 is 43.5 Å². The van der Waals surface area contributed by atoms with E-state index in [0.29, 0.717) is 27.4 Å². The molecule has 4 aromatic carbocycles. The molecule has 0 fully saturated rings. The molecule has 0 saturated heterocycles. The van der Waals surface area contributed by atoms with Crippen molar-refractivity contribution in [3.05, 3.63) is 133 Å². The molecule has 4 aromatic rings. The third-order valence-electron chi connectivity index (χ3n) is 5.32. The Morgan fingerprint density at radius 2 is 1.52 bits per heavy atom. The molecular weight excluding hydrogens is 662 g/mol. The third-order valence-corrected chi connectivity index (χ3v) is 6.60. The molecule has 0 saturated carbocycles. The van der Waals surface area contributed by atoms with Gasteiger partial charge in [0.15, 0.2) is 0 Å². The number of carbonyl (C=O) groups is 3. The van der Waals surface area contributed by atoms with Crippen molar-refractivity contribution in [3.63, 3.8) is 0 Å². The lowest BCUT2D eigenvalue weighted by atomic mass is 10.1. The maximum Gasteiger partial charge on any atom is 0.336 e. The fourth-order valence-electron chi connectivity index (χ4n) is 3.36. The third kappa shape index (κ3) is 8.47. The number of carbonyl (C=O) groups excluding carboxylic acids is 3. The molecule has 10 heteroatoms. The van der Waals surface area contributed by atoms with E-state index in [0.717, 1.165) is 14.5 Å². The second-order valence-corrected chi connectivity index (χ2v) is 10.5. The predicted octanol–water partition coefficient (Wildman–Crippen LogP) is 7.50. The van der Waals surface area contributed by atoms with Crippen LogP contribution in [0.2, 0.25) is 5.02 Å². The van der Waals surface area contributed by atoms with E-state index in [1.807, 2.05) is 0 Å². The monoisotopic (exact) mass is 679 g/mol. The zero-order valence-electron chi connectivity index (χ0n) is 20.6. The van der Waals surface area contributed by atoms with Crippen LogP contribution in [0.4, 0.5) is 5.69 Å². The number of hydrazone groups is 1. The van der Waals surface area contributed by atoms with Gasteiger partial charge in [-0.05, 0) is 84.4 Å². The zero-order chi connectivity index (χ0) is 28.5. The van der Waals surface area contributed by atoms with Crippen molar-refractivity contribution < 1.29 is 19.1 Å². The van der Waals surface area contributed by atoms with Crippen LogP contribution in [0.25, 0.3) is 6.08 Å². The first-order valence-corrected chi connectivity index (χ1v) is 13.7. The molecule has 0 bridgehead atoms. The van der Waals surface area contributed by atoms with Crippen LogP contribution in [0.1, 0.15) is 31.8 Å². The Bertz CT molecular complexity index is 1600. The van der Waals surface area contributed by atoms with Gasteiger partial charge in [0.05, 0.1) is 6.21 Å². The number of benzene rings is 4. The van der Waals surface area contributed by atoms with E-state index in [-0.39, 0.29) is 11.7 Å². The summed E-state index contributed by atoms with van der Waals surface area (Å²) in [6.07, 6.45) is 4.28. The Morgan fingerprint density at radius 1 is 0.800 bits per heavy atom. The summed E-state index contributed by atoms with van der Waals surface area (Å²) >= 11 is 12.6. The number of halogens is 3. The molecule has 4 rings (SSSR count). The van der Waals surface area contributed by atoms with E-state index in [9.17, 15) is 14.4 Å². The average molecular weight is 682 g/mol. The lowest BCUT2D eigenvalue weighted by Gasteiger charge is -2.08. The van der Waals surface area contributed by atoms with Gasteiger partial charge in [-0.15, -0.1) is 0 Å². The molecule has 0 aromatic heterocycles. The number of hydrogen-bond acceptors (Lipinski definition) is 5. The number of rotatable bonds is 8. The van der Waals surface area contributed by atoms with E-state index in [1.165, 1.54) is 12.3 Å². The second-order valence-electron chi connectivity index (χ2n) is 8.23. The van der Waals surface area contributed by atoms with E-state index in [1.54, 1.807) is 97.1 Å². The van der Waals surface area contributed by atoms with E-state index in [2.05, 4.69) is 47.7 Å². The highest BCUT2D eigenvalue weighted by atomic mass is 79.9. The molecule has 0 heterocycles. The number of nitrogens with zero attached hydrogens (tertiary/aromatic N) is 1. The molecule has 0 aliphatic carbocycles. The Labute approximate surface area is 252 Å². The van der Waals surface area contributed by atoms with Gasteiger partial charge >= 0.3 is 5.97 Å². The van der Waals surface area contributed by atoms with Gasteiger partial charge < -0.3 is 10.1 Å². The molecule has 2 amide bonds. The maximum atomic E-state index is 12.7. The molecule has 40 heavy (non-hydrogen) atoms. The second kappa shape index (κ2) is 13.8. The van der Waals surface area contributed by atoms with E-state index < -0.39 is 11.9 Å². The Balaban J connectivity index is 1.39. The number of esters is 1. The van der Waals surface area contributed by atoms with Gasteiger partial charge in [0.25, 0.3) is 11.8 Å². The maximum absolute atomic E-state index is 12.7. The fraction of sp³-hybridized carbons (Fsp3) is 0. The molecule has 0 aliphatic heterocycles. The summed E-state index contributed by atoms with van der Waals surface area (Å²) in [5.41, 5.74) is 4.92. The average Bonchev–Trinajstić information content (AvgIpc) is 2.94. The van der Waals surface area contributed by atoms with Gasteiger partial charge in [-0.1, -0.05) is 61.7 Å². The number of ether oxygens (including phenoxy) is 1. The van der Waals surface area contributed by atoms with Crippen molar-refractivity contribution >= 4 is 79.2 Å². The lowest BCUT2D eigenvalue weighted by Crippen LogP contribution is -2.18. The Morgan fingerprint density at radius 3 is 2.27 bits per heavy atom. The highest BCUT2D eigenvalue weighted by Gasteiger charge is 2.10.